The minimum atomic E-state index is -0.0792. The van der Waals surface area contributed by atoms with Gasteiger partial charge in [-0.25, -0.2) is 0 Å². The first-order valence-electron chi connectivity index (χ1n) is 6.70. The van der Waals surface area contributed by atoms with E-state index in [-0.39, 0.29) is 11.9 Å². The topological polar surface area (TPSA) is 44.9 Å². The second-order valence-electron chi connectivity index (χ2n) is 5.28. The van der Waals surface area contributed by atoms with Crippen molar-refractivity contribution in [2.75, 3.05) is 0 Å². The van der Waals surface area contributed by atoms with Gasteiger partial charge in [0.05, 0.1) is 0 Å². The van der Waals surface area contributed by atoms with Gasteiger partial charge in [0.2, 0.25) is 5.91 Å². The van der Waals surface area contributed by atoms with E-state index in [2.05, 4.69) is 42.0 Å². The van der Waals surface area contributed by atoms with Crippen LogP contribution in [0.25, 0.3) is 10.9 Å². The van der Waals surface area contributed by atoms with Crippen LogP contribution >= 0.6 is 0 Å². The summed E-state index contributed by atoms with van der Waals surface area (Å²) >= 11 is 0. The lowest BCUT2D eigenvalue weighted by atomic mass is 9.91. The molecule has 0 fully saturated rings. The Bertz CT molecular complexity index is 654. The molecule has 2 aromatic rings. The van der Waals surface area contributed by atoms with Crippen molar-refractivity contribution < 1.29 is 4.79 Å². The molecule has 0 radical (unpaired) electrons. The molecule has 1 aromatic carbocycles. The molecule has 0 saturated heterocycles. The van der Waals surface area contributed by atoms with Crippen LogP contribution in [-0.2, 0) is 17.6 Å². The fourth-order valence-corrected chi connectivity index (χ4v) is 2.91. The Morgan fingerprint density at radius 2 is 2.37 bits per heavy atom. The maximum absolute atomic E-state index is 11.4. The van der Waals surface area contributed by atoms with E-state index in [9.17, 15) is 4.79 Å². The molecule has 1 unspecified atom stereocenters. The predicted molar refractivity (Wildman–Crippen MR) is 77.2 cm³/mol. The summed E-state index contributed by atoms with van der Waals surface area (Å²) in [4.78, 5) is 14.9. The molecule has 1 aromatic heterocycles. The van der Waals surface area contributed by atoms with Crippen LogP contribution in [0.2, 0.25) is 0 Å². The van der Waals surface area contributed by atoms with Crippen LogP contribution in [0.15, 0.2) is 30.9 Å². The number of carbonyl (C=O) groups is 1. The molecule has 1 heterocycles. The lowest BCUT2D eigenvalue weighted by Gasteiger charge is -2.23. The highest BCUT2D eigenvalue weighted by molar-refractivity contribution is 5.88. The number of hydrogen-bond acceptors (Lipinski definition) is 1. The molecule has 98 valence electrons. The number of rotatable bonds is 2. The first-order valence-corrected chi connectivity index (χ1v) is 6.70. The summed E-state index contributed by atoms with van der Waals surface area (Å²) in [5.74, 6) is -0.0792. The molecule has 1 aliphatic carbocycles. The van der Waals surface area contributed by atoms with E-state index < -0.39 is 0 Å². The van der Waals surface area contributed by atoms with Gasteiger partial charge in [-0.3, -0.25) is 4.79 Å². The van der Waals surface area contributed by atoms with Gasteiger partial charge in [0.1, 0.15) is 0 Å². The zero-order valence-corrected chi connectivity index (χ0v) is 11.1. The van der Waals surface area contributed by atoms with Crippen molar-refractivity contribution in [2.45, 2.75) is 32.2 Å². The van der Waals surface area contributed by atoms with Gasteiger partial charge >= 0.3 is 0 Å². The highest BCUT2D eigenvalue weighted by atomic mass is 16.1. The van der Waals surface area contributed by atoms with Crippen LogP contribution in [0, 0.1) is 6.92 Å². The number of aryl methyl sites for hydroxylation is 2. The number of aromatic nitrogens is 1. The van der Waals surface area contributed by atoms with E-state index >= 15 is 0 Å². The summed E-state index contributed by atoms with van der Waals surface area (Å²) in [7, 11) is 0. The Morgan fingerprint density at radius 1 is 1.53 bits per heavy atom. The largest absolute Gasteiger partial charge is 0.358 e. The molecule has 2 N–H and O–H groups in total. The average Bonchev–Trinajstić information content (AvgIpc) is 2.76. The molecule has 3 nitrogen and oxygen atoms in total. The van der Waals surface area contributed by atoms with E-state index in [0.717, 1.165) is 19.3 Å². The molecule has 3 heteroatoms. The molecule has 0 saturated carbocycles. The number of benzene rings is 1. The third kappa shape index (κ3) is 2.16. The average molecular weight is 254 g/mol. The summed E-state index contributed by atoms with van der Waals surface area (Å²) in [6.45, 7) is 5.61. The quantitative estimate of drug-likeness (QED) is 0.795. The molecular formula is C16H18N2O. The van der Waals surface area contributed by atoms with Gasteiger partial charge in [0.15, 0.2) is 0 Å². The van der Waals surface area contributed by atoms with Gasteiger partial charge in [-0.05, 0) is 50.0 Å². The number of aromatic amines is 1. The predicted octanol–water partition coefficient (Wildman–Crippen LogP) is 2.64. The first-order chi connectivity index (χ1) is 9.17. The van der Waals surface area contributed by atoms with Crippen molar-refractivity contribution in [2.24, 2.45) is 0 Å². The molecular weight excluding hydrogens is 236 g/mol. The lowest BCUT2D eigenvalue weighted by Crippen LogP contribution is -2.37. The van der Waals surface area contributed by atoms with Crippen molar-refractivity contribution >= 4 is 16.8 Å². The maximum Gasteiger partial charge on any atom is 0.243 e. The summed E-state index contributed by atoms with van der Waals surface area (Å²) < 4.78 is 0. The van der Waals surface area contributed by atoms with E-state index in [0.29, 0.717) is 0 Å². The van der Waals surface area contributed by atoms with E-state index in [1.54, 1.807) is 0 Å². The maximum atomic E-state index is 11.4. The second-order valence-corrected chi connectivity index (χ2v) is 5.28. The summed E-state index contributed by atoms with van der Waals surface area (Å²) in [6.07, 6.45) is 4.22. The van der Waals surface area contributed by atoms with Crippen molar-refractivity contribution in [1.29, 1.82) is 0 Å². The van der Waals surface area contributed by atoms with E-state index in [4.69, 9.17) is 0 Å². The zero-order valence-electron chi connectivity index (χ0n) is 11.1. The van der Waals surface area contributed by atoms with Gasteiger partial charge in [-0.1, -0.05) is 18.2 Å². The van der Waals surface area contributed by atoms with Crippen LogP contribution in [-0.4, -0.2) is 16.9 Å². The fraction of sp³-hybridized carbons (Fsp3) is 0.312. The van der Waals surface area contributed by atoms with Gasteiger partial charge in [-0.2, -0.15) is 0 Å². The molecule has 3 rings (SSSR count). The van der Waals surface area contributed by atoms with Crippen molar-refractivity contribution in [3.8, 4) is 0 Å². The number of nitrogens with one attached hydrogen (secondary N) is 2. The summed E-state index contributed by atoms with van der Waals surface area (Å²) in [5, 5.41) is 4.31. The van der Waals surface area contributed by atoms with Crippen LogP contribution in [0.3, 0.4) is 0 Å². The monoisotopic (exact) mass is 254 g/mol. The third-order valence-corrected chi connectivity index (χ3v) is 3.88. The van der Waals surface area contributed by atoms with E-state index in [1.807, 2.05) is 0 Å². The fourth-order valence-electron chi connectivity index (χ4n) is 2.91. The summed E-state index contributed by atoms with van der Waals surface area (Å²) in [5.41, 5.74) is 5.15. The number of hydrogen-bond donors (Lipinski definition) is 2. The molecule has 19 heavy (non-hydrogen) atoms. The highest BCUT2D eigenvalue weighted by Crippen LogP contribution is 2.29. The molecule has 1 amide bonds. The molecule has 0 bridgehead atoms. The standard InChI is InChI=1S/C16H18N2O/c1-3-16(19)17-11-5-7-15-13(9-11)12-8-10(2)4-6-14(12)18-15/h3-4,6,8,11,18H,1,5,7,9H2,2H3,(H,17,19). The van der Waals surface area contributed by atoms with Gasteiger partial charge in [-0.15, -0.1) is 0 Å². The smallest absolute Gasteiger partial charge is 0.243 e. The number of amides is 1. The van der Waals surface area contributed by atoms with Crippen molar-refractivity contribution in [3.05, 3.63) is 47.7 Å². The Kier molecular flexibility index (Phi) is 2.90. The highest BCUT2D eigenvalue weighted by Gasteiger charge is 2.23. The van der Waals surface area contributed by atoms with Crippen molar-refractivity contribution in [3.63, 3.8) is 0 Å². The number of H-pyrrole nitrogens is 1. The molecule has 0 aliphatic heterocycles. The Hall–Kier alpha value is -2.03. The third-order valence-electron chi connectivity index (χ3n) is 3.88. The molecule has 0 spiro atoms. The van der Waals surface area contributed by atoms with Crippen LogP contribution < -0.4 is 5.32 Å². The SMILES string of the molecule is C=CC(=O)NC1CCc2[nH]c3ccc(C)cc3c2C1. The van der Waals surface area contributed by atoms with Crippen LogP contribution in [0.1, 0.15) is 23.2 Å². The summed E-state index contributed by atoms with van der Waals surface area (Å²) in [6, 6.07) is 6.71. The second kappa shape index (κ2) is 4.57. The van der Waals surface area contributed by atoms with Gasteiger partial charge < -0.3 is 10.3 Å². The van der Waals surface area contributed by atoms with Crippen molar-refractivity contribution in [1.82, 2.24) is 10.3 Å². The lowest BCUT2D eigenvalue weighted by molar-refractivity contribution is -0.117. The number of carbonyl (C=O) groups excluding carboxylic acids is 1. The number of fused-ring (bicyclic) bond motifs is 3. The van der Waals surface area contributed by atoms with Gasteiger partial charge in [0.25, 0.3) is 0 Å². The molecule has 1 aliphatic rings. The normalized spacial score (nSPS) is 18.1. The van der Waals surface area contributed by atoms with Crippen LogP contribution in [0.5, 0.6) is 0 Å². The zero-order chi connectivity index (χ0) is 13.4. The Balaban J connectivity index is 1.94. The van der Waals surface area contributed by atoms with E-state index in [1.165, 1.54) is 33.8 Å². The van der Waals surface area contributed by atoms with Crippen LogP contribution in [0.4, 0.5) is 0 Å². The minimum absolute atomic E-state index is 0.0792. The Labute approximate surface area is 112 Å². The minimum Gasteiger partial charge on any atom is -0.358 e. The first kappa shape index (κ1) is 12.0. The van der Waals surface area contributed by atoms with Gasteiger partial charge in [0, 0.05) is 22.6 Å². The molecule has 1 atom stereocenters. The Morgan fingerprint density at radius 3 is 3.16 bits per heavy atom.